The smallest absolute Gasteiger partial charge is 0.321 e. The highest BCUT2D eigenvalue weighted by Gasteiger charge is 2.23. The number of aryl methyl sites for hydroxylation is 1. The largest absolute Gasteiger partial charge is 0.352 e. The van der Waals surface area contributed by atoms with E-state index in [9.17, 15) is 4.79 Å². The van der Waals surface area contributed by atoms with E-state index in [0.717, 1.165) is 17.1 Å². The van der Waals surface area contributed by atoms with Crippen LogP contribution in [0.5, 0.6) is 0 Å². The molecule has 0 atom stereocenters. The van der Waals surface area contributed by atoms with Gasteiger partial charge >= 0.3 is 6.03 Å². The summed E-state index contributed by atoms with van der Waals surface area (Å²) in [6, 6.07) is 11.1. The molecule has 4 rings (SSSR count). The van der Waals surface area contributed by atoms with Gasteiger partial charge in [0.05, 0.1) is 15.7 Å². The van der Waals surface area contributed by atoms with Gasteiger partial charge in [-0.05, 0) is 37.3 Å². The van der Waals surface area contributed by atoms with E-state index in [0.29, 0.717) is 42.0 Å². The maximum atomic E-state index is 12.7. The molecule has 1 saturated heterocycles. The monoisotopic (exact) mass is 430 g/mol. The number of halogens is 2. The van der Waals surface area contributed by atoms with E-state index >= 15 is 0 Å². The number of piperazine rings is 1. The van der Waals surface area contributed by atoms with Crippen LogP contribution in [0.2, 0.25) is 10.0 Å². The van der Waals surface area contributed by atoms with Gasteiger partial charge in [-0.25, -0.2) is 14.5 Å². The topological polar surface area (TPSA) is 66.3 Å². The van der Waals surface area contributed by atoms with Crippen LogP contribution in [-0.2, 0) is 0 Å². The van der Waals surface area contributed by atoms with Crippen molar-refractivity contribution in [1.29, 1.82) is 0 Å². The molecule has 0 aliphatic carbocycles. The standard InChI is InChI=1S/C20H20Cl2N6O/c1-14-5-6-24-28(14)17-4-2-3-16(12-17)25-20(29)27-9-7-26(8-10-27)19-18(22)11-15(21)13-23-19/h2-6,11-13H,7-10H2,1H3,(H,25,29). The van der Waals surface area contributed by atoms with Crippen molar-refractivity contribution in [2.45, 2.75) is 6.92 Å². The third-order valence-electron chi connectivity index (χ3n) is 4.83. The highest BCUT2D eigenvalue weighted by molar-refractivity contribution is 6.36. The van der Waals surface area contributed by atoms with Crippen LogP contribution in [0, 0.1) is 6.92 Å². The number of nitrogens with one attached hydrogen (secondary N) is 1. The van der Waals surface area contributed by atoms with E-state index in [-0.39, 0.29) is 6.03 Å². The molecule has 0 bridgehead atoms. The molecule has 0 saturated carbocycles. The Labute approximate surface area is 178 Å². The number of pyridine rings is 1. The highest BCUT2D eigenvalue weighted by Crippen LogP contribution is 2.27. The van der Waals surface area contributed by atoms with Crippen molar-refractivity contribution in [3.8, 4) is 5.69 Å². The summed E-state index contributed by atoms with van der Waals surface area (Å²) in [5, 5.41) is 8.30. The molecule has 0 spiro atoms. The van der Waals surface area contributed by atoms with Crippen molar-refractivity contribution in [1.82, 2.24) is 19.7 Å². The third-order valence-corrected chi connectivity index (χ3v) is 5.31. The summed E-state index contributed by atoms with van der Waals surface area (Å²) < 4.78 is 1.83. The van der Waals surface area contributed by atoms with Gasteiger partial charge in [-0.1, -0.05) is 29.3 Å². The minimum atomic E-state index is -0.130. The van der Waals surface area contributed by atoms with Crippen LogP contribution in [0.25, 0.3) is 5.69 Å². The second kappa shape index (κ2) is 8.31. The average Bonchev–Trinajstić information content (AvgIpc) is 3.14. The van der Waals surface area contributed by atoms with Gasteiger partial charge in [0.25, 0.3) is 0 Å². The van der Waals surface area contributed by atoms with Gasteiger partial charge in [-0.15, -0.1) is 0 Å². The Hall–Kier alpha value is -2.77. The van der Waals surface area contributed by atoms with Crippen LogP contribution in [0.1, 0.15) is 5.69 Å². The number of rotatable bonds is 3. The van der Waals surface area contributed by atoms with Gasteiger partial charge in [0, 0.05) is 50.0 Å². The first-order chi connectivity index (χ1) is 14.0. The minimum Gasteiger partial charge on any atom is -0.352 e. The van der Waals surface area contributed by atoms with Crippen molar-refractivity contribution in [2.24, 2.45) is 0 Å². The number of amides is 2. The molecule has 7 nitrogen and oxygen atoms in total. The van der Waals surface area contributed by atoms with Crippen molar-refractivity contribution in [3.63, 3.8) is 0 Å². The molecular weight excluding hydrogens is 411 g/mol. The quantitative estimate of drug-likeness (QED) is 0.674. The molecular formula is C20H20Cl2N6O. The average molecular weight is 431 g/mol. The van der Waals surface area contributed by atoms with Crippen LogP contribution >= 0.6 is 23.2 Å². The third kappa shape index (κ3) is 4.31. The number of nitrogens with zero attached hydrogens (tertiary/aromatic N) is 5. The summed E-state index contributed by atoms with van der Waals surface area (Å²) in [5.74, 6) is 0.693. The molecule has 2 amide bonds. The van der Waals surface area contributed by atoms with Crippen LogP contribution in [0.15, 0.2) is 48.8 Å². The molecule has 2 aromatic heterocycles. The van der Waals surface area contributed by atoms with Crippen LogP contribution in [0.4, 0.5) is 16.3 Å². The normalized spacial score (nSPS) is 14.2. The van der Waals surface area contributed by atoms with E-state index in [2.05, 4.69) is 20.3 Å². The molecule has 9 heteroatoms. The number of hydrogen-bond donors (Lipinski definition) is 1. The van der Waals surface area contributed by atoms with Crippen molar-refractivity contribution >= 4 is 40.7 Å². The summed E-state index contributed by atoms with van der Waals surface area (Å²) in [5.41, 5.74) is 2.66. The zero-order valence-corrected chi connectivity index (χ0v) is 17.4. The van der Waals surface area contributed by atoms with Gasteiger partial charge in [-0.2, -0.15) is 5.10 Å². The molecule has 1 aliphatic rings. The fourth-order valence-corrected chi connectivity index (χ4v) is 3.82. The zero-order chi connectivity index (χ0) is 20.4. The second-order valence-electron chi connectivity index (χ2n) is 6.80. The number of carbonyl (C=O) groups is 1. The lowest BCUT2D eigenvalue weighted by Gasteiger charge is -2.35. The lowest BCUT2D eigenvalue weighted by atomic mass is 10.2. The number of benzene rings is 1. The molecule has 1 aromatic carbocycles. The second-order valence-corrected chi connectivity index (χ2v) is 7.64. The summed E-state index contributed by atoms with van der Waals surface area (Å²) in [7, 11) is 0. The minimum absolute atomic E-state index is 0.130. The molecule has 1 N–H and O–H groups in total. The van der Waals surface area contributed by atoms with Gasteiger partial charge in [-0.3, -0.25) is 0 Å². The molecule has 150 valence electrons. The SMILES string of the molecule is Cc1ccnn1-c1cccc(NC(=O)N2CCN(c3ncc(Cl)cc3Cl)CC2)c1. The van der Waals surface area contributed by atoms with Gasteiger partial charge in [0.15, 0.2) is 0 Å². The Balaban J connectivity index is 1.39. The van der Waals surface area contributed by atoms with E-state index < -0.39 is 0 Å². The van der Waals surface area contributed by atoms with Gasteiger partial charge < -0.3 is 15.1 Å². The maximum absolute atomic E-state index is 12.7. The molecule has 1 fully saturated rings. The Morgan fingerprint density at radius 2 is 1.90 bits per heavy atom. The first kappa shape index (κ1) is 19.5. The maximum Gasteiger partial charge on any atom is 0.321 e. The van der Waals surface area contributed by atoms with E-state index in [1.165, 1.54) is 0 Å². The summed E-state index contributed by atoms with van der Waals surface area (Å²) in [6.07, 6.45) is 3.33. The molecule has 3 aromatic rings. The van der Waals surface area contributed by atoms with E-state index in [1.807, 2.05) is 41.9 Å². The molecule has 29 heavy (non-hydrogen) atoms. The zero-order valence-electron chi connectivity index (χ0n) is 15.8. The van der Waals surface area contributed by atoms with Crippen LogP contribution in [-0.4, -0.2) is 51.9 Å². The Kier molecular flexibility index (Phi) is 5.60. The molecule has 0 radical (unpaired) electrons. The van der Waals surface area contributed by atoms with Crippen molar-refractivity contribution in [3.05, 3.63) is 64.5 Å². The van der Waals surface area contributed by atoms with Gasteiger partial charge in [0.1, 0.15) is 5.82 Å². The number of urea groups is 1. The van der Waals surface area contributed by atoms with Crippen molar-refractivity contribution in [2.75, 3.05) is 36.4 Å². The first-order valence-electron chi connectivity index (χ1n) is 9.24. The molecule has 1 aliphatic heterocycles. The van der Waals surface area contributed by atoms with E-state index in [1.54, 1.807) is 23.4 Å². The molecule has 3 heterocycles. The first-order valence-corrected chi connectivity index (χ1v) is 10.00. The Bertz CT molecular complexity index is 1030. The van der Waals surface area contributed by atoms with E-state index in [4.69, 9.17) is 23.2 Å². The Morgan fingerprint density at radius 3 is 2.59 bits per heavy atom. The van der Waals surface area contributed by atoms with Crippen molar-refractivity contribution < 1.29 is 4.79 Å². The number of aromatic nitrogens is 3. The predicted octanol–water partition coefficient (Wildman–Crippen LogP) is 4.24. The van der Waals surface area contributed by atoms with Gasteiger partial charge in [0.2, 0.25) is 0 Å². The fourth-order valence-electron chi connectivity index (χ4n) is 3.32. The van der Waals surface area contributed by atoms with Crippen LogP contribution in [0.3, 0.4) is 0 Å². The predicted molar refractivity (Wildman–Crippen MR) is 115 cm³/mol. The number of anilines is 2. The number of carbonyl (C=O) groups excluding carboxylic acids is 1. The van der Waals surface area contributed by atoms with Crippen LogP contribution < -0.4 is 10.2 Å². The molecule has 0 unspecified atom stereocenters. The fraction of sp³-hybridized carbons (Fsp3) is 0.250. The lowest BCUT2D eigenvalue weighted by Crippen LogP contribution is -2.50. The Morgan fingerprint density at radius 1 is 1.10 bits per heavy atom. The summed E-state index contributed by atoms with van der Waals surface area (Å²) in [6.45, 7) is 4.43. The highest BCUT2D eigenvalue weighted by atomic mass is 35.5. The summed E-state index contributed by atoms with van der Waals surface area (Å²) >= 11 is 12.2. The lowest BCUT2D eigenvalue weighted by molar-refractivity contribution is 0.208. The summed E-state index contributed by atoms with van der Waals surface area (Å²) in [4.78, 5) is 20.9. The number of hydrogen-bond acceptors (Lipinski definition) is 4.